The number of phenols is 1. The standard InChI is InChI=1S/C16H12ClNO6/c17-11-7-14-13(23-3-4-24-14)6-10(11)15(20)18-8-1-2-9(16(21)22)12(19)5-8/h1-2,5-7,19H,3-4H2,(H,18,20)(H,21,22). The molecule has 0 aromatic heterocycles. The van der Waals surface area contributed by atoms with Crippen molar-refractivity contribution in [2.75, 3.05) is 18.5 Å². The Bertz CT molecular complexity index is 836. The number of amides is 1. The molecule has 0 radical (unpaired) electrons. The molecule has 0 unspecified atom stereocenters. The van der Waals surface area contributed by atoms with Gasteiger partial charge in [-0.15, -0.1) is 0 Å². The summed E-state index contributed by atoms with van der Waals surface area (Å²) in [4.78, 5) is 23.2. The lowest BCUT2D eigenvalue weighted by molar-refractivity contribution is 0.0693. The smallest absolute Gasteiger partial charge is 0.339 e. The number of carbonyl (C=O) groups excluding carboxylic acids is 1. The van der Waals surface area contributed by atoms with Gasteiger partial charge in [-0.1, -0.05) is 11.6 Å². The van der Waals surface area contributed by atoms with Crippen molar-refractivity contribution in [3.8, 4) is 17.2 Å². The number of aromatic hydroxyl groups is 1. The first-order chi connectivity index (χ1) is 11.5. The minimum Gasteiger partial charge on any atom is -0.507 e. The molecule has 0 bridgehead atoms. The molecule has 3 N–H and O–H groups in total. The Balaban J connectivity index is 1.85. The summed E-state index contributed by atoms with van der Waals surface area (Å²) < 4.78 is 10.8. The number of fused-ring (bicyclic) bond motifs is 1. The number of aromatic carboxylic acids is 1. The summed E-state index contributed by atoms with van der Waals surface area (Å²) in [6.45, 7) is 0.782. The molecule has 3 rings (SSSR count). The lowest BCUT2D eigenvalue weighted by Crippen LogP contribution is -2.17. The van der Waals surface area contributed by atoms with E-state index in [1.54, 1.807) is 0 Å². The van der Waals surface area contributed by atoms with E-state index < -0.39 is 17.6 Å². The minimum absolute atomic E-state index is 0.169. The Hall–Kier alpha value is -2.93. The summed E-state index contributed by atoms with van der Waals surface area (Å²) in [5.41, 5.74) is 0.140. The summed E-state index contributed by atoms with van der Waals surface area (Å²) in [6, 6.07) is 6.67. The fraction of sp³-hybridized carbons (Fsp3) is 0.125. The molecule has 24 heavy (non-hydrogen) atoms. The van der Waals surface area contributed by atoms with Crippen LogP contribution in [0.2, 0.25) is 5.02 Å². The highest BCUT2D eigenvalue weighted by Gasteiger charge is 2.19. The summed E-state index contributed by atoms with van der Waals surface area (Å²) in [6.07, 6.45) is 0. The molecule has 124 valence electrons. The van der Waals surface area contributed by atoms with Gasteiger partial charge in [0.05, 0.1) is 10.6 Å². The minimum atomic E-state index is -1.26. The fourth-order valence-electron chi connectivity index (χ4n) is 2.23. The number of carboxylic acids is 1. The van der Waals surface area contributed by atoms with Crippen LogP contribution in [0.1, 0.15) is 20.7 Å². The lowest BCUT2D eigenvalue weighted by atomic mass is 10.1. The number of carboxylic acid groups (broad SMARTS) is 1. The van der Waals surface area contributed by atoms with Crippen molar-refractivity contribution < 1.29 is 29.3 Å². The normalized spacial score (nSPS) is 12.5. The second kappa shape index (κ2) is 6.29. The third-order valence-corrected chi connectivity index (χ3v) is 3.68. The lowest BCUT2D eigenvalue weighted by Gasteiger charge is -2.19. The number of benzene rings is 2. The van der Waals surface area contributed by atoms with Crippen molar-refractivity contribution in [1.29, 1.82) is 0 Å². The molecule has 2 aromatic rings. The summed E-state index contributed by atoms with van der Waals surface area (Å²) in [5.74, 6) is -1.36. The van der Waals surface area contributed by atoms with Crippen LogP contribution in [0.25, 0.3) is 0 Å². The van der Waals surface area contributed by atoms with Crippen LogP contribution >= 0.6 is 11.6 Å². The van der Waals surface area contributed by atoms with Gasteiger partial charge in [0.15, 0.2) is 11.5 Å². The van der Waals surface area contributed by atoms with Crippen LogP contribution in [0, 0.1) is 0 Å². The van der Waals surface area contributed by atoms with Crippen LogP contribution in [0.4, 0.5) is 5.69 Å². The number of hydrogen-bond acceptors (Lipinski definition) is 5. The summed E-state index contributed by atoms with van der Waals surface area (Å²) >= 11 is 6.10. The van der Waals surface area contributed by atoms with Crippen LogP contribution in [-0.4, -0.2) is 35.3 Å². The van der Waals surface area contributed by atoms with Crippen LogP contribution in [-0.2, 0) is 0 Å². The quantitative estimate of drug-likeness (QED) is 0.787. The van der Waals surface area contributed by atoms with E-state index in [4.69, 9.17) is 26.2 Å². The molecule has 2 aromatic carbocycles. The number of rotatable bonds is 3. The number of anilines is 1. The van der Waals surface area contributed by atoms with E-state index in [0.29, 0.717) is 24.7 Å². The second-order valence-electron chi connectivity index (χ2n) is 4.97. The van der Waals surface area contributed by atoms with Crippen LogP contribution < -0.4 is 14.8 Å². The van der Waals surface area contributed by atoms with E-state index in [9.17, 15) is 14.7 Å². The van der Waals surface area contributed by atoms with Gasteiger partial charge in [0, 0.05) is 17.8 Å². The van der Waals surface area contributed by atoms with Gasteiger partial charge in [0.2, 0.25) is 0 Å². The predicted octanol–water partition coefficient (Wildman–Crippen LogP) is 2.77. The number of nitrogens with one attached hydrogen (secondary N) is 1. The molecule has 1 heterocycles. The Morgan fingerprint density at radius 3 is 2.33 bits per heavy atom. The molecule has 0 atom stereocenters. The monoisotopic (exact) mass is 349 g/mol. The Kier molecular flexibility index (Phi) is 4.18. The molecule has 1 aliphatic rings. The third kappa shape index (κ3) is 3.07. The maximum atomic E-state index is 12.4. The Morgan fingerprint density at radius 1 is 1.04 bits per heavy atom. The van der Waals surface area contributed by atoms with Crippen molar-refractivity contribution in [3.63, 3.8) is 0 Å². The van der Waals surface area contributed by atoms with Gasteiger partial charge in [-0.2, -0.15) is 0 Å². The molecule has 7 nitrogen and oxygen atoms in total. The van der Waals surface area contributed by atoms with Crippen LogP contribution in [0.5, 0.6) is 17.2 Å². The molecule has 0 saturated carbocycles. The molecular weight excluding hydrogens is 338 g/mol. The predicted molar refractivity (Wildman–Crippen MR) is 85.5 cm³/mol. The molecule has 1 amide bonds. The molecular formula is C16H12ClNO6. The maximum Gasteiger partial charge on any atom is 0.339 e. The summed E-state index contributed by atoms with van der Waals surface area (Å²) in [7, 11) is 0. The van der Waals surface area contributed by atoms with Crippen molar-refractivity contribution >= 4 is 29.2 Å². The van der Waals surface area contributed by atoms with Crippen molar-refractivity contribution in [2.24, 2.45) is 0 Å². The van der Waals surface area contributed by atoms with Gasteiger partial charge in [0.1, 0.15) is 24.5 Å². The van der Waals surface area contributed by atoms with Gasteiger partial charge in [-0.05, 0) is 18.2 Å². The SMILES string of the molecule is O=C(O)c1ccc(NC(=O)c2cc3c(cc2Cl)OCCO3)cc1O. The number of hydrogen-bond donors (Lipinski definition) is 3. The maximum absolute atomic E-state index is 12.4. The van der Waals surface area contributed by atoms with E-state index in [0.717, 1.165) is 6.07 Å². The van der Waals surface area contributed by atoms with Gasteiger partial charge >= 0.3 is 5.97 Å². The molecule has 0 spiro atoms. The van der Waals surface area contributed by atoms with E-state index in [1.165, 1.54) is 24.3 Å². The van der Waals surface area contributed by atoms with E-state index in [-0.39, 0.29) is 21.8 Å². The Morgan fingerprint density at radius 2 is 1.71 bits per heavy atom. The zero-order valence-corrected chi connectivity index (χ0v) is 13.0. The average molecular weight is 350 g/mol. The number of carbonyl (C=O) groups is 2. The van der Waals surface area contributed by atoms with Crippen molar-refractivity contribution in [1.82, 2.24) is 0 Å². The average Bonchev–Trinajstić information content (AvgIpc) is 2.53. The topological polar surface area (TPSA) is 105 Å². The highest BCUT2D eigenvalue weighted by molar-refractivity contribution is 6.34. The molecule has 0 aliphatic carbocycles. The second-order valence-corrected chi connectivity index (χ2v) is 5.37. The van der Waals surface area contributed by atoms with Crippen LogP contribution in [0.3, 0.4) is 0 Å². The highest BCUT2D eigenvalue weighted by atomic mass is 35.5. The molecule has 0 saturated heterocycles. The number of halogens is 1. The van der Waals surface area contributed by atoms with E-state index in [2.05, 4.69) is 5.32 Å². The van der Waals surface area contributed by atoms with E-state index in [1.807, 2.05) is 0 Å². The van der Waals surface area contributed by atoms with Gasteiger partial charge in [0.25, 0.3) is 5.91 Å². The van der Waals surface area contributed by atoms with Crippen LogP contribution in [0.15, 0.2) is 30.3 Å². The molecule has 0 fully saturated rings. The summed E-state index contributed by atoms with van der Waals surface area (Å²) in [5, 5.41) is 21.3. The molecule has 1 aliphatic heterocycles. The largest absolute Gasteiger partial charge is 0.507 e. The van der Waals surface area contributed by atoms with Crippen molar-refractivity contribution in [3.05, 3.63) is 46.5 Å². The highest BCUT2D eigenvalue weighted by Crippen LogP contribution is 2.35. The first kappa shape index (κ1) is 15.9. The first-order valence-electron chi connectivity index (χ1n) is 6.92. The third-order valence-electron chi connectivity index (χ3n) is 3.36. The van der Waals surface area contributed by atoms with Gasteiger partial charge < -0.3 is 25.0 Å². The Labute approximate surface area is 141 Å². The van der Waals surface area contributed by atoms with Gasteiger partial charge in [-0.3, -0.25) is 4.79 Å². The van der Waals surface area contributed by atoms with Gasteiger partial charge in [-0.25, -0.2) is 4.79 Å². The van der Waals surface area contributed by atoms with Crippen molar-refractivity contribution in [2.45, 2.75) is 0 Å². The van der Waals surface area contributed by atoms with E-state index >= 15 is 0 Å². The number of ether oxygens (including phenoxy) is 2. The molecule has 8 heteroatoms. The fourth-order valence-corrected chi connectivity index (χ4v) is 2.47. The zero-order valence-electron chi connectivity index (χ0n) is 12.2. The zero-order chi connectivity index (χ0) is 17.3. The first-order valence-corrected chi connectivity index (χ1v) is 7.30.